The van der Waals surface area contributed by atoms with Gasteiger partial charge in [-0.1, -0.05) is 0 Å². The molecule has 7 heteroatoms. The normalized spacial score (nSPS) is 10.1. The minimum absolute atomic E-state index is 0.0674. The highest BCUT2D eigenvalue weighted by atomic mass is 19.3. The molecule has 0 radical (unpaired) electrons. The van der Waals surface area contributed by atoms with Gasteiger partial charge in [0.05, 0.1) is 12.2 Å². The van der Waals surface area contributed by atoms with Crippen LogP contribution in [0, 0.1) is 17.1 Å². The van der Waals surface area contributed by atoms with Crippen LogP contribution >= 0.6 is 0 Å². The van der Waals surface area contributed by atoms with Crippen molar-refractivity contribution in [3.05, 3.63) is 28.8 Å². The fourth-order valence-electron chi connectivity index (χ4n) is 1.13. The van der Waals surface area contributed by atoms with Crippen LogP contribution in [0.3, 0.4) is 0 Å². The second-order valence-electron chi connectivity index (χ2n) is 2.88. The van der Waals surface area contributed by atoms with Crippen molar-refractivity contribution >= 4 is 5.97 Å². The molecule has 0 unspecified atom stereocenters. The lowest BCUT2D eigenvalue weighted by molar-refractivity contribution is 0.0518. The van der Waals surface area contributed by atoms with Crippen molar-refractivity contribution in [2.24, 2.45) is 0 Å². The van der Waals surface area contributed by atoms with Crippen molar-refractivity contribution < 1.29 is 22.7 Å². The van der Waals surface area contributed by atoms with Crippen LogP contribution in [0.2, 0.25) is 0 Å². The van der Waals surface area contributed by atoms with E-state index in [-0.39, 0.29) is 6.61 Å². The summed E-state index contributed by atoms with van der Waals surface area (Å²) in [6.07, 6.45) is -2.59. The SMILES string of the molecule is CCOC(=O)c1c(C#N)ncc(C(F)F)c1F. The average Bonchev–Trinajstić information content (AvgIpc) is 2.27. The van der Waals surface area contributed by atoms with Crippen LogP contribution in [-0.4, -0.2) is 17.6 Å². The minimum Gasteiger partial charge on any atom is -0.462 e. The van der Waals surface area contributed by atoms with E-state index < -0.39 is 35.0 Å². The topological polar surface area (TPSA) is 63.0 Å². The largest absolute Gasteiger partial charge is 0.462 e. The zero-order chi connectivity index (χ0) is 13.0. The molecule has 0 fully saturated rings. The van der Waals surface area contributed by atoms with E-state index in [4.69, 9.17) is 5.26 Å². The third-order valence-corrected chi connectivity index (χ3v) is 1.86. The van der Waals surface area contributed by atoms with Gasteiger partial charge in [0.1, 0.15) is 11.6 Å². The second kappa shape index (κ2) is 5.30. The number of alkyl halides is 2. The van der Waals surface area contributed by atoms with E-state index in [9.17, 15) is 18.0 Å². The van der Waals surface area contributed by atoms with E-state index in [0.717, 1.165) is 0 Å². The van der Waals surface area contributed by atoms with Gasteiger partial charge in [0.25, 0.3) is 6.43 Å². The number of nitrogens with zero attached hydrogens (tertiary/aromatic N) is 2. The van der Waals surface area contributed by atoms with E-state index in [2.05, 4.69) is 9.72 Å². The lowest BCUT2D eigenvalue weighted by Gasteiger charge is -2.07. The van der Waals surface area contributed by atoms with Crippen LogP contribution < -0.4 is 0 Å². The van der Waals surface area contributed by atoms with Crippen molar-refractivity contribution in [1.82, 2.24) is 4.98 Å². The quantitative estimate of drug-likeness (QED) is 0.764. The second-order valence-corrected chi connectivity index (χ2v) is 2.88. The molecule has 17 heavy (non-hydrogen) atoms. The van der Waals surface area contributed by atoms with Crippen LogP contribution in [0.5, 0.6) is 0 Å². The molecule has 0 atom stereocenters. The molecule has 0 aromatic carbocycles. The Morgan fingerprint density at radius 1 is 1.65 bits per heavy atom. The minimum atomic E-state index is -3.12. The Balaban J connectivity index is 3.39. The van der Waals surface area contributed by atoms with Crippen LogP contribution in [0.15, 0.2) is 6.20 Å². The molecule has 0 saturated carbocycles. The molecular weight excluding hydrogens is 237 g/mol. The number of hydrogen-bond acceptors (Lipinski definition) is 4. The Labute approximate surface area is 94.6 Å². The molecule has 1 heterocycles. The molecule has 1 aromatic heterocycles. The number of carbonyl (C=O) groups is 1. The van der Waals surface area contributed by atoms with E-state index >= 15 is 0 Å². The number of nitriles is 1. The number of carbonyl (C=O) groups excluding carboxylic acids is 1. The first-order chi connectivity index (χ1) is 8.02. The zero-order valence-corrected chi connectivity index (χ0v) is 8.71. The molecule has 0 spiro atoms. The zero-order valence-electron chi connectivity index (χ0n) is 8.71. The van der Waals surface area contributed by atoms with Crippen LogP contribution in [0.1, 0.15) is 35.0 Å². The van der Waals surface area contributed by atoms with E-state index in [1.165, 1.54) is 13.0 Å². The predicted octanol–water partition coefficient (Wildman–Crippen LogP) is 2.21. The smallest absolute Gasteiger partial charge is 0.344 e. The molecule has 0 bridgehead atoms. The number of pyridine rings is 1. The highest BCUT2D eigenvalue weighted by Gasteiger charge is 2.26. The summed E-state index contributed by atoms with van der Waals surface area (Å²) in [5.74, 6) is -2.65. The number of halogens is 3. The summed E-state index contributed by atoms with van der Waals surface area (Å²) in [7, 11) is 0. The van der Waals surface area contributed by atoms with Crippen molar-refractivity contribution in [3.63, 3.8) is 0 Å². The summed E-state index contributed by atoms with van der Waals surface area (Å²) in [5.41, 5.74) is -2.47. The standard InChI is InChI=1S/C10H7F3N2O2/c1-2-17-10(16)7-6(3-14)15-4-5(8(7)11)9(12)13/h4,9H,2H2,1H3. The van der Waals surface area contributed by atoms with Gasteiger partial charge in [-0.2, -0.15) is 5.26 Å². The Morgan fingerprint density at radius 3 is 2.76 bits per heavy atom. The monoisotopic (exact) mass is 244 g/mol. The molecule has 0 aliphatic rings. The maximum atomic E-state index is 13.6. The van der Waals surface area contributed by atoms with Crippen LogP contribution in [0.25, 0.3) is 0 Å². The van der Waals surface area contributed by atoms with E-state index in [0.29, 0.717) is 6.20 Å². The first-order valence-electron chi connectivity index (χ1n) is 4.56. The Hall–Kier alpha value is -2.10. The molecule has 4 nitrogen and oxygen atoms in total. The van der Waals surface area contributed by atoms with Gasteiger partial charge in [0.15, 0.2) is 11.5 Å². The molecule has 0 amide bonds. The Morgan fingerprint density at radius 2 is 2.29 bits per heavy atom. The van der Waals surface area contributed by atoms with Crippen molar-refractivity contribution in [2.75, 3.05) is 6.61 Å². The highest BCUT2D eigenvalue weighted by Crippen LogP contribution is 2.25. The van der Waals surface area contributed by atoms with Gasteiger partial charge in [-0.3, -0.25) is 0 Å². The van der Waals surface area contributed by atoms with Gasteiger partial charge in [-0.05, 0) is 6.92 Å². The fourth-order valence-corrected chi connectivity index (χ4v) is 1.13. The summed E-state index contributed by atoms with van der Waals surface area (Å²) in [5, 5.41) is 8.62. The number of hydrogen-bond donors (Lipinski definition) is 0. The average molecular weight is 244 g/mol. The molecular formula is C10H7F3N2O2. The molecule has 0 aliphatic carbocycles. The van der Waals surface area contributed by atoms with Gasteiger partial charge in [0, 0.05) is 6.20 Å². The fraction of sp³-hybridized carbons (Fsp3) is 0.300. The first-order valence-corrected chi connectivity index (χ1v) is 4.56. The van der Waals surface area contributed by atoms with Gasteiger partial charge >= 0.3 is 5.97 Å². The van der Waals surface area contributed by atoms with Gasteiger partial charge < -0.3 is 4.74 Å². The van der Waals surface area contributed by atoms with Crippen molar-refractivity contribution in [3.8, 4) is 6.07 Å². The lowest BCUT2D eigenvalue weighted by atomic mass is 10.1. The predicted molar refractivity (Wildman–Crippen MR) is 49.8 cm³/mol. The molecule has 1 rings (SSSR count). The Bertz CT molecular complexity index is 483. The molecule has 0 N–H and O–H groups in total. The lowest BCUT2D eigenvalue weighted by Crippen LogP contribution is -2.13. The highest BCUT2D eigenvalue weighted by molar-refractivity contribution is 5.92. The van der Waals surface area contributed by atoms with Crippen LogP contribution in [0.4, 0.5) is 13.2 Å². The number of aromatic nitrogens is 1. The van der Waals surface area contributed by atoms with Crippen LogP contribution in [-0.2, 0) is 4.74 Å². The summed E-state index contributed by atoms with van der Waals surface area (Å²) >= 11 is 0. The number of esters is 1. The van der Waals surface area contributed by atoms with E-state index in [1.54, 1.807) is 0 Å². The van der Waals surface area contributed by atoms with E-state index in [1.807, 2.05) is 0 Å². The summed E-state index contributed by atoms with van der Waals surface area (Å²) in [6, 6.07) is 1.45. The molecule has 1 aromatic rings. The van der Waals surface area contributed by atoms with Crippen molar-refractivity contribution in [1.29, 1.82) is 5.26 Å². The maximum Gasteiger partial charge on any atom is 0.344 e. The first kappa shape index (κ1) is 13.0. The maximum absolute atomic E-state index is 13.6. The third kappa shape index (κ3) is 2.53. The summed E-state index contributed by atoms with van der Waals surface area (Å²) in [6.45, 7) is 1.40. The van der Waals surface area contributed by atoms with Gasteiger partial charge in [-0.25, -0.2) is 22.9 Å². The number of ether oxygens (including phenoxy) is 1. The molecule has 90 valence electrons. The third-order valence-electron chi connectivity index (χ3n) is 1.86. The van der Waals surface area contributed by atoms with Gasteiger partial charge in [-0.15, -0.1) is 0 Å². The number of rotatable bonds is 3. The Kier molecular flexibility index (Phi) is 4.04. The molecule has 0 aliphatic heterocycles. The van der Waals surface area contributed by atoms with Crippen molar-refractivity contribution in [2.45, 2.75) is 13.3 Å². The molecule has 0 saturated heterocycles. The van der Waals surface area contributed by atoms with Gasteiger partial charge in [0.2, 0.25) is 0 Å². The summed E-state index contributed by atoms with van der Waals surface area (Å²) in [4.78, 5) is 14.6. The summed E-state index contributed by atoms with van der Waals surface area (Å²) < 4.78 is 42.8.